The Morgan fingerprint density at radius 2 is 2.04 bits per heavy atom. The van der Waals surface area contributed by atoms with Crippen molar-refractivity contribution < 1.29 is 9.47 Å². The van der Waals surface area contributed by atoms with Crippen LogP contribution in [0, 0.1) is 5.92 Å². The molecule has 0 radical (unpaired) electrons. The van der Waals surface area contributed by atoms with Gasteiger partial charge in [0.25, 0.3) is 0 Å². The highest BCUT2D eigenvalue weighted by Crippen LogP contribution is 2.28. The summed E-state index contributed by atoms with van der Waals surface area (Å²) < 4.78 is 11.3. The molecule has 0 spiro atoms. The van der Waals surface area contributed by atoms with Crippen LogP contribution in [0.15, 0.2) is 29.3 Å². The molecular weight excluding hydrogens is 326 g/mol. The van der Waals surface area contributed by atoms with Crippen LogP contribution in [0.4, 0.5) is 0 Å². The molecule has 0 saturated heterocycles. The second-order valence-corrected chi connectivity index (χ2v) is 7.17. The normalized spacial score (nSPS) is 14.7. The van der Waals surface area contributed by atoms with Crippen LogP contribution >= 0.6 is 0 Å². The quantitative estimate of drug-likeness (QED) is 0.340. The molecule has 26 heavy (non-hydrogen) atoms. The summed E-state index contributed by atoms with van der Waals surface area (Å²) in [5, 5.41) is 6.68. The van der Waals surface area contributed by atoms with Crippen LogP contribution in [0.2, 0.25) is 0 Å². The number of hydrogen-bond donors (Lipinski definition) is 2. The van der Waals surface area contributed by atoms with E-state index in [2.05, 4.69) is 60.7 Å². The zero-order valence-electron chi connectivity index (χ0n) is 16.6. The van der Waals surface area contributed by atoms with Crippen molar-refractivity contribution in [2.24, 2.45) is 10.9 Å². The monoisotopic (exact) mass is 361 g/mol. The van der Waals surface area contributed by atoms with Crippen LogP contribution in [-0.2, 0) is 22.6 Å². The first-order valence-corrected chi connectivity index (χ1v) is 9.96. The second-order valence-electron chi connectivity index (χ2n) is 7.17. The molecule has 1 aliphatic carbocycles. The van der Waals surface area contributed by atoms with Crippen LogP contribution in [0.25, 0.3) is 0 Å². The topological polar surface area (TPSA) is 54.9 Å². The largest absolute Gasteiger partial charge is 0.381 e. The van der Waals surface area contributed by atoms with Gasteiger partial charge in [-0.25, -0.2) is 4.99 Å². The van der Waals surface area contributed by atoms with Crippen molar-refractivity contribution in [1.82, 2.24) is 10.6 Å². The smallest absolute Gasteiger partial charge is 0.191 e. The maximum atomic E-state index is 5.68. The summed E-state index contributed by atoms with van der Waals surface area (Å²) in [6, 6.07) is 8.45. The van der Waals surface area contributed by atoms with Gasteiger partial charge in [0.2, 0.25) is 0 Å². The molecule has 0 unspecified atom stereocenters. The minimum atomic E-state index is 0.245. The van der Waals surface area contributed by atoms with E-state index in [1.54, 1.807) is 0 Å². The van der Waals surface area contributed by atoms with Crippen LogP contribution in [0.1, 0.15) is 51.2 Å². The minimum absolute atomic E-state index is 0.245. The summed E-state index contributed by atoms with van der Waals surface area (Å²) in [6.45, 7) is 11.0. The molecule has 0 heterocycles. The number of nitrogens with one attached hydrogen (secondary N) is 2. The average molecular weight is 362 g/mol. The fourth-order valence-corrected chi connectivity index (χ4v) is 2.51. The predicted molar refractivity (Wildman–Crippen MR) is 107 cm³/mol. The summed E-state index contributed by atoms with van der Waals surface area (Å²) in [7, 11) is 0. The molecular formula is C21H35N3O2. The first kappa shape index (κ1) is 20.7. The summed E-state index contributed by atoms with van der Waals surface area (Å²) in [5.41, 5.74) is 2.39. The zero-order valence-corrected chi connectivity index (χ0v) is 16.6. The molecule has 0 bridgehead atoms. The summed E-state index contributed by atoms with van der Waals surface area (Å²) in [5.74, 6) is 1.70. The van der Waals surface area contributed by atoms with E-state index in [1.165, 1.54) is 24.0 Å². The number of hydrogen-bond acceptors (Lipinski definition) is 3. The van der Waals surface area contributed by atoms with Crippen LogP contribution in [0.5, 0.6) is 0 Å². The van der Waals surface area contributed by atoms with E-state index in [-0.39, 0.29) is 6.10 Å². The Hall–Kier alpha value is -1.59. The highest BCUT2D eigenvalue weighted by molar-refractivity contribution is 5.79. The van der Waals surface area contributed by atoms with Gasteiger partial charge in [0.1, 0.15) is 0 Å². The molecule has 2 rings (SSSR count). The van der Waals surface area contributed by atoms with E-state index in [9.17, 15) is 0 Å². The number of aliphatic imine (C=N–C) groups is 1. The molecule has 1 saturated carbocycles. The Morgan fingerprint density at radius 3 is 2.77 bits per heavy atom. The van der Waals surface area contributed by atoms with Crippen molar-refractivity contribution >= 4 is 5.96 Å². The van der Waals surface area contributed by atoms with Crippen molar-refractivity contribution in [2.45, 2.75) is 59.3 Å². The maximum absolute atomic E-state index is 5.68. The van der Waals surface area contributed by atoms with E-state index in [4.69, 9.17) is 9.47 Å². The van der Waals surface area contributed by atoms with E-state index in [0.29, 0.717) is 13.2 Å². The Labute approximate surface area is 158 Å². The van der Waals surface area contributed by atoms with Gasteiger partial charge in [0.05, 0.1) is 19.3 Å². The van der Waals surface area contributed by atoms with Gasteiger partial charge in [-0.1, -0.05) is 24.3 Å². The zero-order chi connectivity index (χ0) is 18.6. The summed E-state index contributed by atoms with van der Waals surface area (Å²) in [4.78, 5) is 4.69. The Balaban J connectivity index is 1.72. The molecule has 1 aliphatic rings. The van der Waals surface area contributed by atoms with Crippen LogP contribution < -0.4 is 10.6 Å². The molecule has 5 nitrogen and oxygen atoms in total. The lowest BCUT2D eigenvalue weighted by Crippen LogP contribution is -2.38. The third-order valence-corrected chi connectivity index (χ3v) is 4.15. The number of ether oxygens (including phenoxy) is 2. The van der Waals surface area contributed by atoms with E-state index >= 15 is 0 Å². The molecule has 2 N–H and O–H groups in total. The molecule has 0 aromatic heterocycles. The summed E-state index contributed by atoms with van der Waals surface area (Å²) >= 11 is 0. The average Bonchev–Trinajstić information content (AvgIpc) is 3.45. The van der Waals surface area contributed by atoms with Crippen molar-refractivity contribution in [3.05, 3.63) is 35.4 Å². The van der Waals surface area contributed by atoms with Gasteiger partial charge in [-0.3, -0.25) is 0 Å². The Bertz CT molecular complexity index is 542. The predicted octanol–water partition coefficient (Wildman–Crippen LogP) is 3.48. The molecule has 0 amide bonds. The van der Waals surface area contributed by atoms with E-state index in [1.807, 2.05) is 0 Å². The lowest BCUT2D eigenvalue weighted by atomic mass is 10.1. The highest BCUT2D eigenvalue weighted by atomic mass is 16.5. The van der Waals surface area contributed by atoms with Gasteiger partial charge in [-0.05, 0) is 57.1 Å². The lowest BCUT2D eigenvalue weighted by molar-refractivity contribution is 0.0657. The number of guanidine groups is 1. The molecule has 1 fully saturated rings. The minimum Gasteiger partial charge on any atom is -0.381 e. The van der Waals surface area contributed by atoms with Crippen molar-refractivity contribution in [2.75, 3.05) is 26.3 Å². The van der Waals surface area contributed by atoms with Gasteiger partial charge in [-0.2, -0.15) is 0 Å². The Morgan fingerprint density at radius 1 is 1.23 bits per heavy atom. The second kappa shape index (κ2) is 11.9. The van der Waals surface area contributed by atoms with Gasteiger partial charge < -0.3 is 20.1 Å². The van der Waals surface area contributed by atoms with Crippen molar-refractivity contribution in [3.8, 4) is 0 Å². The lowest BCUT2D eigenvalue weighted by Gasteiger charge is -2.12. The summed E-state index contributed by atoms with van der Waals surface area (Å²) in [6.07, 6.45) is 3.94. The van der Waals surface area contributed by atoms with Crippen molar-refractivity contribution in [1.29, 1.82) is 0 Å². The fourth-order valence-electron chi connectivity index (χ4n) is 2.51. The maximum Gasteiger partial charge on any atom is 0.191 e. The number of nitrogens with zero attached hydrogens (tertiary/aromatic N) is 1. The van der Waals surface area contributed by atoms with E-state index < -0.39 is 0 Å². The first-order chi connectivity index (χ1) is 12.7. The number of benzene rings is 1. The third-order valence-electron chi connectivity index (χ3n) is 4.15. The van der Waals surface area contributed by atoms with Gasteiger partial charge in [0, 0.05) is 26.3 Å². The Kier molecular flexibility index (Phi) is 9.50. The number of rotatable bonds is 12. The fraction of sp³-hybridized carbons (Fsp3) is 0.667. The molecule has 1 aromatic carbocycles. The highest BCUT2D eigenvalue weighted by Gasteiger charge is 2.20. The molecule has 0 aliphatic heterocycles. The van der Waals surface area contributed by atoms with Crippen molar-refractivity contribution in [3.63, 3.8) is 0 Å². The molecule has 1 aromatic rings. The molecule has 5 heteroatoms. The van der Waals surface area contributed by atoms with Crippen LogP contribution in [0.3, 0.4) is 0 Å². The SMILES string of the molecule is CCNC(=NCc1cccc(COC(C)C)c1)NCCCOCC1CC1. The molecule has 0 atom stereocenters. The van der Waals surface area contributed by atoms with Crippen LogP contribution in [-0.4, -0.2) is 38.4 Å². The standard InChI is InChI=1S/C21H35N3O2/c1-4-22-21(23-11-6-12-25-15-18-9-10-18)24-14-19-7-5-8-20(13-19)16-26-17(2)3/h5,7-8,13,17-18H,4,6,9-12,14-16H2,1-3H3,(H2,22,23,24). The van der Waals surface area contributed by atoms with Gasteiger partial charge in [0.15, 0.2) is 5.96 Å². The van der Waals surface area contributed by atoms with E-state index in [0.717, 1.165) is 44.6 Å². The first-order valence-electron chi connectivity index (χ1n) is 9.96. The van der Waals surface area contributed by atoms with Gasteiger partial charge in [-0.15, -0.1) is 0 Å². The third kappa shape index (κ3) is 9.20. The molecule has 146 valence electrons. The van der Waals surface area contributed by atoms with Gasteiger partial charge >= 0.3 is 0 Å².